The third-order valence-corrected chi connectivity index (χ3v) is 4.57. The highest BCUT2D eigenvalue weighted by atomic mass is 16.3. The Morgan fingerprint density at radius 2 is 1.34 bits per heavy atom. The van der Waals surface area contributed by atoms with Gasteiger partial charge in [0.1, 0.15) is 11.5 Å². The van der Waals surface area contributed by atoms with Gasteiger partial charge in [-0.25, -0.2) is 0 Å². The SMILES string of the molecule is CC(C)(C)c1cc(/C=C\NC(=O)/C=C\c2ccc(O)cc2)cc(C(C)(C)C)c1O. The van der Waals surface area contributed by atoms with E-state index in [0.717, 1.165) is 22.3 Å². The molecule has 0 aromatic heterocycles. The van der Waals surface area contributed by atoms with E-state index < -0.39 is 0 Å². The van der Waals surface area contributed by atoms with Crippen LogP contribution in [0.3, 0.4) is 0 Å². The maximum Gasteiger partial charge on any atom is 0.247 e. The molecule has 1 amide bonds. The summed E-state index contributed by atoms with van der Waals surface area (Å²) < 4.78 is 0. The molecule has 0 saturated carbocycles. The Hall–Kier alpha value is -3.01. The quantitative estimate of drug-likeness (QED) is 0.601. The fourth-order valence-corrected chi connectivity index (χ4v) is 2.92. The van der Waals surface area contributed by atoms with Crippen LogP contribution < -0.4 is 5.32 Å². The molecule has 0 atom stereocenters. The van der Waals surface area contributed by atoms with Crippen molar-refractivity contribution in [2.45, 2.75) is 52.4 Å². The normalized spacial score (nSPS) is 12.6. The van der Waals surface area contributed by atoms with Crippen LogP contribution in [0, 0.1) is 0 Å². The molecular formula is C25H31NO3. The molecule has 154 valence electrons. The topological polar surface area (TPSA) is 69.6 Å². The molecule has 0 fully saturated rings. The van der Waals surface area contributed by atoms with Crippen molar-refractivity contribution in [1.29, 1.82) is 0 Å². The highest BCUT2D eigenvalue weighted by molar-refractivity contribution is 5.92. The van der Waals surface area contributed by atoms with E-state index in [4.69, 9.17) is 0 Å². The van der Waals surface area contributed by atoms with Gasteiger partial charge >= 0.3 is 0 Å². The molecule has 3 N–H and O–H groups in total. The van der Waals surface area contributed by atoms with Crippen LogP contribution in [0.25, 0.3) is 12.2 Å². The van der Waals surface area contributed by atoms with Gasteiger partial charge < -0.3 is 15.5 Å². The minimum atomic E-state index is -0.250. The number of benzene rings is 2. The van der Waals surface area contributed by atoms with Crippen molar-refractivity contribution >= 4 is 18.1 Å². The van der Waals surface area contributed by atoms with E-state index in [1.54, 1.807) is 36.5 Å². The lowest BCUT2D eigenvalue weighted by atomic mass is 9.78. The summed E-state index contributed by atoms with van der Waals surface area (Å²) >= 11 is 0. The number of hydrogen-bond acceptors (Lipinski definition) is 3. The Morgan fingerprint density at radius 3 is 1.83 bits per heavy atom. The van der Waals surface area contributed by atoms with Gasteiger partial charge in [0.05, 0.1) is 0 Å². The van der Waals surface area contributed by atoms with Gasteiger partial charge in [0, 0.05) is 23.4 Å². The molecule has 2 rings (SSSR count). The van der Waals surface area contributed by atoms with Gasteiger partial charge in [-0.2, -0.15) is 0 Å². The molecule has 0 unspecified atom stereocenters. The number of phenols is 2. The van der Waals surface area contributed by atoms with Crippen LogP contribution in [0.2, 0.25) is 0 Å². The average Bonchev–Trinajstić information content (AvgIpc) is 2.60. The molecule has 0 radical (unpaired) electrons. The van der Waals surface area contributed by atoms with Crippen LogP contribution in [0.1, 0.15) is 63.8 Å². The van der Waals surface area contributed by atoms with Crippen LogP contribution in [0.4, 0.5) is 0 Å². The van der Waals surface area contributed by atoms with E-state index in [9.17, 15) is 15.0 Å². The molecule has 2 aromatic rings. The molecule has 29 heavy (non-hydrogen) atoms. The summed E-state index contributed by atoms with van der Waals surface area (Å²) in [5.41, 5.74) is 3.09. The molecule has 0 aliphatic carbocycles. The second-order valence-corrected chi connectivity index (χ2v) is 9.23. The highest BCUT2D eigenvalue weighted by Crippen LogP contribution is 2.39. The summed E-state index contributed by atoms with van der Waals surface area (Å²) in [6.45, 7) is 12.4. The fraction of sp³-hybridized carbons (Fsp3) is 0.320. The molecule has 0 aliphatic rings. The average molecular weight is 394 g/mol. The standard InChI is InChI=1S/C25H31NO3/c1-24(2,3)20-15-18(16-21(23(20)29)25(4,5)6)13-14-26-22(28)12-9-17-7-10-19(27)11-8-17/h7-16,27,29H,1-6H3,(H,26,28)/b12-9-,14-13-. The van der Waals surface area contributed by atoms with Crippen LogP contribution in [-0.2, 0) is 15.6 Å². The van der Waals surface area contributed by atoms with E-state index in [1.165, 1.54) is 6.08 Å². The lowest BCUT2D eigenvalue weighted by Crippen LogP contribution is -2.17. The minimum Gasteiger partial charge on any atom is -0.508 e. The predicted molar refractivity (Wildman–Crippen MR) is 120 cm³/mol. The molecule has 4 nitrogen and oxygen atoms in total. The number of amides is 1. The van der Waals surface area contributed by atoms with E-state index in [2.05, 4.69) is 46.9 Å². The summed E-state index contributed by atoms with van der Waals surface area (Å²) in [5.74, 6) is 0.274. The van der Waals surface area contributed by atoms with Crippen molar-refractivity contribution in [2.75, 3.05) is 0 Å². The largest absolute Gasteiger partial charge is 0.508 e. The first kappa shape index (κ1) is 22.3. The van der Waals surface area contributed by atoms with Gasteiger partial charge in [0.2, 0.25) is 5.91 Å². The van der Waals surface area contributed by atoms with Gasteiger partial charge in [0.15, 0.2) is 0 Å². The van der Waals surface area contributed by atoms with E-state index >= 15 is 0 Å². The first-order valence-corrected chi connectivity index (χ1v) is 9.70. The van der Waals surface area contributed by atoms with Crippen molar-refractivity contribution in [3.63, 3.8) is 0 Å². The number of hydrogen-bond donors (Lipinski definition) is 3. The lowest BCUT2D eigenvalue weighted by Gasteiger charge is -2.27. The zero-order valence-electron chi connectivity index (χ0n) is 18.1. The van der Waals surface area contributed by atoms with Gasteiger partial charge in [-0.05, 0) is 58.4 Å². The fourth-order valence-electron chi connectivity index (χ4n) is 2.92. The van der Waals surface area contributed by atoms with Crippen LogP contribution in [0.15, 0.2) is 48.7 Å². The number of carbonyl (C=O) groups excluding carboxylic acids is 1. The number of carbonyl (C=O) groups is 1. The first-order valence-electron chi connectivity index (χ1n) is 9.70. The zero-order chi connectivity index (χ0) is 21.8. The summed E-state index contributed by atoms with van der Waals surface area (Å²) in [5, 5.41) is 22.8. The Kier molecular flexibility index (Phi) is 6.58. The minimum absolute atomic E-state index is 0.188. The van der Waals surface area contributed by atoms with Gasteiger partial charge in [0.25, 0.3) is 0 Å². The lowest BCUT2D eigenvalue weighted by molar-refractivity contribution is -0.115. The first-order chi connectivity index (χ1) is 13.4. The third-order valence-electron chi connectivity index (χ3n) is 4.57. The summed E-state index contributed by atoms with van der Waals surface area (Å²) in [6, 6.07) is 10.5. The predicted octanol–water partition coefficient (Wildman–Crippen LogP) is 5.49. The number of aromatic hydroxyl groups is 2. The zero-order valence-corrected chi connectivity index (χ0v) is 18.1. The number of phenolic OH excluding ortho intramolecular Hbond substituents is 2. The van der Waals surface area contributed by atoms with Crippen molar-refractivity contribution in [3.05, 3.63) is 70.9 Å². The van der Waals surface area contributed by atoms with Crippen molar-refractivity contribution in [1.82, 2.24) is 5.32 Å². The van der Waals surface area contributed by atoms with Gasteiger partial charge in [-0.1, -0.05) is 53.7 Å². The van der Waals surface area contributed by atoms with Crippen LogP contribution >= 0.6 is 0 Å². The van der Waals surface area contributed by atoms with Crippen molar-refractivity contribution in [3.8, 4) is 11.5 Å². The summed E-state index contributed by atoms with van der Waals surface area (Å²) in [4.78, 5) is 12.0. The number of nitrogens with one attached hydrogen (secondary N) is 1. The number of rotatable bonds is 4. The highest BCUT2D eigenvalue weighted by Gasteiger charge is 2.26. The van der Waals surface area contributed by atoms with Crippen molar-refractivity contribution < 1.29 is 15.0 Å². The second kappa shape index (κ2) is 8.56. The molecule has 0 heterocycles. The summed E-state index contributed by atoms with van der Waals surface area (Å²) in [7, 11) is 0. The third kappa shape index (κ3) is 6.24. The molecule has 4 heteroatoms. The summed E-state index contributed by atoms with van der Waals surface area (Å²) in [6.07, 6.45) is 6.55. The Morgan fingerprint density at radius 1 is 0.828 bits per heavy atom. The van der Waals surface area contributed by atoms with Gasteiger partial charge in [-0.15, -0.1) is 0 Å². The van der Waals surface area contributed by atoms with Crippen molar-refractivity contribution in [2.24, 2.45) is 0 Å². The van der Waals surface area contributed by atoms with E-state index in [-0.39, 0.29) is 22.5 Å². The molecule has 0 saturated heterocycles. The maximum absolute atomic E-state index is 12.0. The van der Waals surface area contributed by atoms with Gasteiger partial charge in [-0.3, -0.25) is 4.79 Å². The maximum atomic E-state index is 12.0. The van der Waals surface area contributed by atoms with Crippen LogP contribution in [-0.4, -0.2) is 16.1 Å². The smallest absolute Gasteiger partial charge is 0.247 e. The Labute approximate surface area is 173 Å². The Bertz CT molecular complexity index is 889. The van der Waals surface area contributed by atoms with Crippen LogP contribution in [0.5, 0.6) is 11.5 Å². The second-order valence-electron chi connectivity index (χ2n) is 9.23. The monoisotopic (exact) mass is 393 g/mol. The van der Waals surface area contributed by atoms with E-state index in [1.807, 2.05) is 18.2 Å². The van der Waals surface area contributed by atoms with E-state index in [0.29, 0.717) is 5.75 Å². The molecule has 0 bridgehead atoms. The molecule has 2 aromatic carbocycles. The Balaban J connectivity index is 2.19. The molecule has 0 aliphatic heterocycles. The molecule has 0 spiro atoms. The molecular weight excluding hydrogens is 362 g/mol.